The summed E-state index contributed by atoms with van der Waals surface area (Å²) in [6, 6.07) is 0. The fourth-order valence-corrected chi connectivity index (χ4v) is 1.05. The molecule has 0 aliphatic heterocycles. The molecule has 0 aliphatic rings. The van der Waals surface area contributed by atoms with Crippen molar-refractivity contribution in [1.29, 1.82) is 0 Å². The van der Waals surface area contributed by atoms with E-state index in [1.165, 1.54) is 0 Å². The van der Waals surface area contributed by atoms with E-state index in [0.717, 1.165) is 0 Å². The molecular formula is C10H19NO2. The fraction of sp³-hybridized carbons (Fsp3) is 0.700. The number of hydrogen-bond acceptors (Lipinski definition) is 2. The minimum Gasteiger partial charge on any atom is -0.383 e. The number of methoxy groups -OCH3 is 1. The van der Waals surface area contributed by atoms with Gasteiger partial charge in [0.1, 0.15) is 0 Å². The number of carbonyl (C=O) groups is 1. The lowest BCUT2D eigenvalue weighted by Crippen LogP contribution is -2.27. The van der Waals surface area contributed by atoms with E-state index < -0.39 is 0 Å². The first-order chi connectivity index (χ1) is 6.20. The average molecular weight is 185 g/mol. The molecule has 1 atom stereocenters. The molecular weight excluding hydrogens is 166 g/mol. The molecule has 0 heterocycles. The summed E-state index contributed by atoms with van der Waals surface area (Å²) in [6.45, 7) is 5.15. The van der Waals surface area contributed by atoms with Crippen molar-refractivity contribution in [2.24, 2.45) is 5.92 Å². The smallest absolute Gasteiger partial charge is 0.220 e. The molecule has 1 N–H and O–H groups in total. The van der Waals surface area contributed by atoms with Gasteiger partial charge >= 0.3 is 0 Å². The van der Waals surface area contributed by atoms with Gasteiger partial charge in [0.15, 0.2) is 0 Å². The van der Waals surface area contributed by atoms with Crippen LogP contribution in [0.3, 0.4) is 0 Å². The number of allylic oxidation sites excluding steroid dienone is 2. The summed E-state index contributed by atoms with van der Waals surface area (Å²) in [5.74, 6) is 0.398. The summed E-state index contributed by atoms with van der Waals surface area (Å²) in [5.41, 5.74) is 0. The minimum atomic E-state index is 0.0858. The Kier molecular flexibility index (Phi) is 7.30. The number of hydrogen-bond donors (Lipinski definition) is 1. The van der Waals surface area contributed by atoms with E-state index in [1.54, 1.807) is 7.11 Å². The van der Waals surface area contributed by atoms with Gasteiger partial charge in [-0.2, -0.15) is 0 Å². The summed E-state index contributed by atoms with van der Waals surface area (Å²) >= 11 is 0. The number of carbonyl (C=O) groups excluding carboxylic acids is 1. The SMILES string of the molecule is CC=CC(C)CC(=O)NCCOC. The zero-order chi connectivity index (χ0) is 10.1. The normalized spacial score (nSPS) is 13.2. The Morgan fingerprint density at radius 2 is 2.31 bits per heavy atom. The summed E-state index contributed by atoms with van der Waals surface area (Å²) in [4.78, 5) is 11.2. The second-order valence-corrected chi connectivity index (χ2v) is 3.05. The molecule has 3 nitrogen and oxygen atoms in total. The lowest BCUT2D eigenvalue weighted by molar-refractivity contribution is -0.121. The van der Waals surface area contributed by atoms with Crippen molar-refractivity contribution < 1.29 is 9.53 Å². The molecule has 0 saturated carbocycles. The van der Waals surface area contributed by atoms with Crippen LogP contribution in [0.2, 0.25) is 0 Å². The fourth-order valence-electron chi connectivity index (χ4n) is 1.05. The molecule has 13 heavy (non-hydrogen) atoms. The van der Waals surface area contributed by atoms with Crippen LogP contribution in [0.5, 0.6) is 0 Å². The van der Waals surface area contributed by atoms with E-state index in [2.05, 4.69) is 5.32 Å². The van der Waals surface area contributed by atoms with E-state index >= 15 is 0 Å². The maximum atomic E-state index is 11.2. The number of ether oxygens (including phenoxy) is 1. The monoisotopic (exact) mass is 185 g/mol. The van der Waals surface area contributed by atoms with Gasteiger partial charge in [0.05, 0.1) is 6.61 Å². The highest BCUT2D eigenvalue weighted by Crippen LogP contribution is 2.02. The van der Waals surface area contributed by atoms with E-state index in [1.807, 2.05) is 26.0 Å². The van der Waals surface area contributed by atoms with Gasteiger partial charge < -0.3 is 10.1 Å². The molecule has 0 aliphatic carbocycles. The first-order valence-corrected chi connectivity index (χ1v) is 4.59. The van der Waals surface area contributed by atoms with E-state index in [4.69, 9.17) is 4.74 Å². The lowest BCUT2D eigenvalue weighted by atomic mass is 10.1. The quantitative estimate of drug-likeness (QED) is 0.501. The third kappa shape index (κ3) is 7.53. The minimum absolute atomic E-state index is 0.0858. The molecule has 0 spiro atoms. The Morgan fingerprint density at radius 3 is 2.85 bits per heavy atom. The van der Waals surface area contributed by atoms with Crippen molar-refractivity contribution in [3.05, 3.63) is 12.2 Å². The van der Waals surface area contributed by atoms with Gasteiger partial charge in [0.25, 0.3) is 0 Å². The molecule has 1 amide bonds. The first kappa shape index (κ1) is 12.2. The molecule has 3 heteroatoms. The van der Waals surface area contributed by atoms with Crippen molar-refractivity contribution >= 4 is 5.91 Å². The van der Waals surface area contributed by atoms with E-state index in [0.29, 0.717) is 25.5 Å². The molecule has 0 fully saturated rings. The highest BCUT2D eigenvalue weighted by molar-refractivity contribution is 5.76. The molecule has 0 saturated heterocycles. The molecule has 0 radical (unpaired) electrons. The zero-order valence-corrected chi connectivity index (χ0v) is 8.67. The first-order valence-electron chi connectivity index (χ1n) is 4.59. The maximum Gasteiger partial charge on any atom is 0.220 e. The number of rotatable bonds is 6. The average Bonchev–Trinajstić information content (AvgIpc) is 2.05. The second-order valence-electron chi connectivity index (χ2n) is 3.05. The molecule has 0 aromatic heterocycles. The van der Waals surface area contributed by atoms with Crippen LogP contribution in [0.25, 0.3) is 0 Å². The van der Waals surface area contributed by atoms with Crippen molar-refractivity contribution in [2.75, 3.05) is 20.3 Å². The van der Waals surface area contributed by atoms with Crippen LogP contribution in [0.4, 0.5) is 0 Å². The molecule has 0 rings (SSSR count). The Labute approximate surface area is 80.2 Å². The van der Waals surface area contributed by atoms with Crippen LogP contribution in [0, 0.1) is 5.92 Å². The Morgan fingerprint density at radius 1 is 1.62 bits per heavy atom. The lowest BCUT2D eigenvalue weighted by Gasteiger charge is -2.06. The van der Waals surface area contributed by atoms with E-state index in [-0.39, 0.29) is 5.91 Å². The predicted octanol–water partition coefficient (Wildman–Crippen LogP) is 1.35. The summed E-state index contributed by atoms with van der Waals surface area (Å²) < 4.78 is 4.82. The van der Waals surface area contributed by atoms with Crippen LogP contribution in [0.1, 0.15) is 20.3 Å². The predicted molar refractivity (Wildman–Crippen MR) is 53.5 cm³/mol. The standard InChI is InChI=1S/C10H19NO2/c1-4-5-9(2)8-10(12)11-6-7-13-3/h4-5,9H,6-8H2,1-3H3,(H,11,12). The summed E-state index contributed by atoms with van der Waals surface area (Å²) in [6.07, 6.45) is 4.54. The van der Waals surface area contributed by atoms with Crippen LogP contribution < -0.4 is 5.32 Å². The van der Waals surface area contributed by atoms with Crippen LogP contribution in [-0.4, -0.2) is 26.2 Å². The number of nitrogens with one attached hydrogen (secondary N) is 1. The summed E-state index contributed by atoms with van der Waals surface area (Å²) in [5, 5.41) is 2.78. The summed E-state index contributed by atoms with van der Waals surface area (Å²) in [7, 11) is 1.62. The van der Waals surface area contributed by atoms with Crippen LogP contribution in [0.15, 0.2) is 12.2 Å². The van der Waals surface area contributed by atoms with Gasteiger partial charge in [0.2, 0.25) is 5.91 Å². The highest BCUT2D eigenvalue weighted by atomic mass is 16.5. The van der Waals surface area contributed by atoms with Crippen LogP contribution >= 0.6 is 0 Å². The van der Waals surface area contributed by atoms with Gasteiger partial charge in [-0.1, -0.05) is 19.1 Å². The third-order valence-corrected chi connectivity index (χ3v) is 1.66. The van der Waals surface area contributed by atoms with Crippen molar-refractivity contribution in [3.63, 3.8) is 0 Å². The van der Waals surface area contributed by atoms with Crippen LogP contribution in [-0.2, 0) is 9.53 Å². The van der Waals surface area contributed by atoms with Gasteiger partial charge in [-0.15, -0.1) is 0 Å². The highest BCUT2D eigenvalue weighted by Gasteiger charge is 2.04. The topological polar surface area (TPSA) is 38.3 Å². The van der Waals surface area contributed by atoms with Gasteiger partial charge in [-0.25, -0.2) is 0 Å². The van der Waals surface area contributed by atoms with Gasteiger partial charge in [-0.3, -0.25) is 4.79 Å². The van der Waals surface area contributed by atoms with Crippen molar-refractivity contribution in [3.8, 4) is 0 Å². The molecule has 76 valence electrons. The van der Waals surface area contributed by atoms with Crippen molar-refractivity contribution in [1.82, 2.24) is 5.32 Å². The Balaban J connectivity index is 3.50. The molecule has 0 aromatic carbocycles. The second kappa shape index (κ2) is 7.80. The maximum absolute atomic E-state index is 11.2. The molecule has 0 bridgehead atoms. The van der Waals surface area contributed by atoms with E-state index in [9.17, 15) is 4.79 Å². The Bertz CT molecular complexity index is 166. The third-order valence-electron chi connectivity index (χ3n) is 1.66. The Hall–Kier alpha value is -0.830. The number of amides is 1. The van der Waals surface area contributed by atoms with Gasteiger partial charge in [-0.05, 0) is 12.8 Å². The zero-order valence-electron chi connectivity index (χ0n) is 8.67. The van der Waals surface area contributed by atoms with Crippen molar-refractivity contribution in [2.45, 2.75) is 20.3 Å². The molecule has 1 unspecified atom stereocenters. The largest absolute Gasteiger partial charge is 0.383 e. The van der Waals surface area contributed by atoms with Gasteiger partial charge in [0, 0.05) is 20.1 Å². The molecule has 0 aromatic rings.